The van der Waals surface area contributed by atoms with Crippen molar-refractivity contribution in [3.05, 3.63) is 21.4 Å². The summed E-state index contributed by atoms with van der Waals surface area (Å²) in [6, 6.07) is 1.76. The molecule has 2 amide bonds. The smallest absolute Gasteiger partial charge is 0.284 e. The summed E-state index contributed by atoms with van der Waals surface area (Å²) in [5.41, 5.74) is 1.98. The SMILES string of the molecule is CC[C@H](NC(=O)C(C)(C)C)c1cc(C)c(C(=O)NO)s1. The summed E-state index contributed by atoms with van der Waals surface area (Å²) in [6.45, 7) is 9.37. The predicted octanol–water partition coefficient (Wildman–Crippen LogP) is 2.79. The molecule has 1 aromatic heterocycles. The lowest BCUT2D eigenvalue weighted by atomic mass is 9.95. The Labute approximate surface area is 123 Å². The Morgan fingerprint density at radius 2 is 2.00 bits per heavy atom. The minimum atomic E-state index is -0.518. The number of amides is 2. The van der Waals surface area contributed by atoms with E-state index in [1.54, 1.807) is 5.48 Å². The van der Waals surface area contributed by atoms with Gasteiger partial charge in [-0.25, -0.2) is 5.48 Å². The topological polar surface area (TPSA) is 78.4 Å². The fourth-order valence-electron chi connectivity index (χ4n) is 1.70. The lowest BCUT2D eigenvalue weighted by Crippen LogP contribution is -2.37. The van der Waals surface area contributed by atoms with Crippen LogP contribution in [0.2, 0.25) is 0 Å². The van der Waals surface area contributed by atoms with Crippen LogP contribution in [0.4, 0.5) is 0 Å². The molecule has 0 spiro atoms. The first kappa shape index (κ1) is 16.7. The van der Waals surface area contributed by atoms with Crippen LogP contribution >= 0.6 is 11.3 Å². The number of rotatable bonds is 4. The van der Waals surface area contributed by atoms with Crippen LogP contribution in [0.25, 0.3) is 0 Å². The third-order valence-electron chi connectivity index (χ3n) is 2.98. The number of aryl methyl sites for hydroxylation is 1. The van der Waals surface area contributed by atoms with E-state index in [2.05, 4.69) is 5.32 Å². The van der Waals surface area contributed by atoms with E-state index in [1.807, 2.05) is 40.7 Å². The Morgan fingerprint density at radius 1 is 1.40 bits per heavy atom. The number of carbonyl (C=O) groups excluding carboxylic acids is 2. The molecule has 1 aromatic rings. The number of hydroxylamine groups is 1. The summed E-state index contributed by atoms with van der Waals surface area (Å²) in [5, 5.41) is 11.7. The molecule has 0 unspecified atom stereocenters. The molecule has 6 heteroatoms. The average molecular weight is 298 g/mol. The summed E-state index contributed by atoms with van der Waals surface area (Å²) >= 11 is 1.29. The van der Waals surface area contributed by atoms with E-state index in [-0.39, 0.29) is 11.9 Å². The van der Waals surface area contributed by atoms with Gasteiger partial charge in [0.2, 0.25) is 5.91 Å². The second-order valence-corrected chi connectivity index (χ2v) is 6.87. The standard InChI is InChI=1S/C14H22N2O3S/c1-6-9(15-13(18)14(3,4)5)10-7-8(2)11(20-10)12(17)16-19/h7,9,19H,6H2,1-5H3,(H,15,18)(H,16,17)/t9-/m0/s1. The van der Waals surface area contributed by atoms with E-state index in [1.165, 1.54) is 11.3 Å². The average Bonchev–Trinajstić information content (AvgIpc) is 2.75. The van der Waals surface area contributed by atoms with E-state index in [0.717, 1.165) is 16.9 Å². The van der Waals surface area contributed by atoms with Gasteiger partial charge < -0.3 is 5.32 Å². The maximum atomic E-state index is 12.1. The predicted molar refractivity (Wildman–Crippen MR) is 78.9 cm³/mol. The molecule has 0 fully saturated rings. The van der Waals surface area contributed by atoms with Gasteiger partial charge in [-0.2, -0.15) is 0 Å². The normalized spacial score (nSPS) is 12.9. The van der Waals surface area contributed by atoms with Gasteiger partial charge in [-0.15, -0.1) is 11.3 Å². The van der Waals surface area contributed by atoms with Gasteiger partial charge in [-0.05, 0) is 25.0 Å². The summed E-state index contributed by atoms with van der Waals surface area (Å²) < 4.78 is 0. The van der Waals surface area contributed by atoms with Gasteiger partial charge >= 0.3 is 0 Å². The van der Waals surface area contributed by atoms with Crippen molar-refractivity contribution >= 4 is 23.2 Å². The van der Waals surface area contributed by atoms with Crippen LogP contribution in [0, 0.1) is 12.3 Å². The molecule has 20 heavy (non-hydrogen) atoms. The molecule has 3 N–H and O–H groups in total. The van der Waals surface area contributed by atoms with Crippen LogP contribution in [-0.2, 0) is 4.79 Å². The molecular weight excluding hydrogens is 276 g/mol. The first-order valence-corrected chi connectivity index (χ1v) is 7.38. The summed E-state index contributed by atoms with van der Waals surface area (Å²) in [6.07, 6.45) is 0.738. The number of nitrogens with one attached hydrogen (secondary N) is 2. The first-order valence-electron chi connectivity index (χ1n) is 6.56. The van der Waals surface area contributed by atoms with Crippen molar-refractivity contribution in [3.63, 3.8) is 0 Å². The minimum Gasteiger partial charge on any atom is -0.348 e. The van der Waals surface area contributed by atoms with E-state index < -0.39 is 11.3 Å². The molecule has 0 saturated carbocycles. The molecular formula is C14H22N2O3S. The van der Waals surface area contributed by atoms with Crippen LogP contribution in [0.15, 0.2) is 6.07 Å². The van der Waals surface area contributed by atoms with Crippen molar-refractivity contribution in [2.45, 2.75) is 47.1 Å². The molecule has 0 aliphatic heterocycles. The summed E-state index contributed by atoms with van der Waals surface area (Å²) in [5.74, 6) is -0.542. The maximum Gasteiger partial charge on any atom is 0.284 e. The van der Waals surface area contributed by atoms with E-state index in [9.17, 15) is 9.59 Å². The maximum absolute atomic E-state index is 12.1. The third kappa shape index (κ3) is 3.80. The fourth-order valence-corrected chi connectivity index (χ4v) is 2.90. The van der Waals surface area contributed by atoms with Crippen molar-refractivity contribution in [1.29, 1.82) is 0 Å². The number of hydrogen-bond donors (Lipinski definition) is 3. The zero-order chi connectivity index (χ0) is 15.5. The zero-order valence-electron chi connectivity index (χ0n) is 12.5. The van der Waals surface area contributed by atoms with E-state index >= 15 is 0 Å². The molecule has 0 aliphatic rings. The Hall–Kier alpha value is -1.40. The Balaban J connectivity index is 2.97. The van der Waals surface area contributed by atoms with E-state index in [0.29, 0.717) is 4.88 Å². The van der Waals surface area contributed by atoms with Crippen LogP contribution in [0.1, 0.15) is 60.3 Å². The Bertz CT molecular complexity index is 503. The van der Waals surface area contributed by atoms with Gasteiger partial charge in [0.25, 0.3) is 5.91 Å². The highest BCUT2D eigenvalue weighted by atomic mass is 32.1. The van der Waals surface area contributed by atoms with Crippen LogP contribution in [0.5, 0.6) is 0 Å². The lowest BCUT2D eigenvalue weighted by molar-refractivity contribution is -0.129. The highest BCUT2D eigenvalue weighted by Gasteiger charge is 2.25. The van der Waals surface area contributed by atoms with Crippen LogP contribution < -0.4 is 10.8 Å². The summed E-state index contributed by atoms with van der Waals surface area (Å²) in [4.78, 5) is 24.9. The van der Waals surface area contributed by atoms with Gasteiger partial charge in [0.15, 0.2) is 0 Å². The first-order chi connectivity index (χ1) is 9.20. The van der Waals surface area contributed by atoms with Gasteiger partial charge in [0.1, 0.15) is 0 Å². The van der Waals surface area contributed by atoms with Gasteiger partial charge in [-0.1, -0.05) is 27.7 Å². The second-order valence-electron chi connectivity index (χ2n) is 5.79. The molecule has 1 heterocycles. The van der Waals surface area contributed by atoms with Crippen molar-refractivity contribution < 1.29 is 14.8 Å². The quantitative estimate of drug-likeness (QED) is 0.591. The number of hydrogen-bond acceptors (Lipinski definition) is 4. The zero-order valence-corrected chi connectivity index (χ0v) is 13.4. The van der Waals surface area contributed by atoms with Gasteiger partial charge in [-0.3, -0.25) is 14.8 Å². The molecule has 0 aliphatic carbocycles. The van der Waals surface area contributed by atoms with Crippen molar-refractivity contribution in [1.82, 2.24) is 10.8 Å². The molecule has 0 aromatic carbocycles. The molecule has 5 nitrogen and oxygen atoms in total. The summed E-state index contributed by atoms with van der Waals surface area (Å²) in [7, 11) is 0. The molecule has 0 bridgehead atoms. The fraction of sp³-hybridized carbons (Fsp3) is 0.571. The van der Waals surface area contributed by atoms with Crippen LogP contribution in [-0.4, -0.2) is 17.0 Å². The Kier molecular flexibility index (Phi) is 5.30. The molecule has 1 rings (SSSR count). The largest absolute Gasteiger partial charge is 0.348 e. The molecule has 112 valence electrons. The Morgan fingerprint density at radius 3 is 2.45 bits per heavy atom. The van der Waals surface area contributed by atoms with Gasteiger partial charge in [0, 0.05) is 10.3 Å². The number of thiophene rings is 1. The third-order valence-corrected chi connectivity index (χ3v) is 4.33. The molecule has 0 saturated heterocycles. The van der Waals surface area contributed by atoms with E-state index in [4.69, 9.17) is 5.21 Å². The highest BCUT2D eigenvalue weighted by molar-refractivity contribution is 7.14. The van der Waals surface area contributed by atoms with Crippen molar-refractivity contribution in [2.24, 2.45) is 5.41 Å². The monoisotopic (exact) mass is 298 g/mol. The van der Waals surface area contributed by atoms with Crippen LogP contribution in [0.3, 0.4) is 0 Å². The van der Waals surface area contributed by atoms with Gasteiger partial charge in [0.05, 0.1) is 10.9 Å². The van der Waals surface area contributed by atoms with Crippen molar-refractivity contribution in [3.8, 4) is 0 Å². The lowest BCUT2D eigenvalue weighted by Gasteiger charge is -2.22. The number of carbonyl (C=O) groups is 2. The highest BCUT2D eigenvalue weighted by Crippen LogP contribution is 2.29. The second kappa shape index (κ2) is 6.37. The molecule has 1 atom stereocenters. The molecule has 0 radical (unpaired) electrons. The van der Waals surface area contributed by atoms with Crippen molar-refractivity contribution in [2.75, 3.05) is 0 Å². The minimum absolute atomic E-state index is 0.0245.